The highest BCUT2D eigenvalue weighted by Gasteiger charge is 2.04. The third kappa shape index (κ3) is 18.0. The first-order valence-electron chi connectivity index (χ1n) is 10.1. The maximum absolute atomic E-state index is 8.07. The van der Waals surface area contributed by atoms with E-state index in [0.717, 1.165) is 12.8 Å². The first-order valence-corrected chi connectivity index (χ1v) is 9.07. The van der Waals surface area contributed by atoms with Gasteiger partial charge in [0.15, 0.2) is 0 Å². The first kappa shape index (κ1) is 16.3. The van der Waals surface area contributed by atoms with Gasteiger partial charge in [-0.1, -0.05) is 84.0 Å². The lowest BCUT2D eigenvalue weighted by Gasteiger charge is -2.23. The van der Waals surface area contributed by atoms with Crippen LogP contribution in [0.4, 0.5) is 0 Å². The molecule has 0 saturated heterocycles. The summed E-state index contributed by atoms with van der Waals surface area (Å²) in [4.78, 5) is 0. The van der Waals surface area contributed by atoms with Crippen molar-refractivity contribution >= 4 is 0 Å². The van der Waals surface area contributed by atoms with Gasteiger partial charge in [0, 0.05) is 2.74 Å². The Morgan fingerprint density at radius 3 is 1.30 bits per heavy atom. The van der Waals surface area contributed by atoms with Crippen molar-refractivity contribution in [1.82, 2.24) is 0 Å². The fourth-order valence-electron chi connectivity index (χ4n) is 2.51. The van der Waals surface area contributed by atoms with Crippen molar-refractivity contribution in [1.29, 1.82) is 0 Å². The van der Waals surface area contributed by atoms with Gasteiger partial charge in [-0.2, -0.15) is 0 Å². The second-order valence-electron chi connectivity index (χ2n) is 7.34. The lowest BCUT2D eigenvalue weighted by molar-refractivity contribution is -0.870. The number of quaternary nitrogens is 1. The molecule has 0 rings (SSSR count). The summed E-state index contributed by atoms with van der Waals surface area (Å²) < 4.78 is 16.9. The molecule has 0 saturated carbocycles. The summed E-state index contributed by atoms with van der Waals surface area (Å²) in [6, 6.07) is 0. The predicted molar refractivity (Wildman–Crippen MR) is 93.2 cm³/mol. The molecule has 0 aromatic carbocycles. The van der Waals surface area contributed by atoms with Crippen LogP contribution in [0.25, 0.3) is 0 Å². The van der Waals surface area contributed by atoms with E-state index in [2.05, 4.69) is 28.1 Å². The molecule has 0 aliphatic rings. The summed E-state index contributed by atoms with van der Waals surface area (Å²) in [5, 5.41) is 0. The van der Waals surface area contributed by atoms with E-state index in [4.69, 9.17) is 2.74 Å². The van der Waals surface area contributed by atoms with Crippen molar-refractivity contribution in [3.8, 4) is 0 Å². The average molecular weight is 287 g/mol. The van der Waals surface area contributed by atoms with Crippen LogP contribution in [0.3, 0.4) is 0 Å². The van der Waals surface area contributed by atoms with Gasteiger partial charge in [0.2, 0.25) is 0 Å². The minimum Gasteiger partial charge on any atom is -0.331 e. The van der Waals surface area contributed by atoms with Crippen LogP contribution in [0.1, 0.15) is 99.5 Å². The van der Waals surface area contributed by atoms with Gasteiger partial charge in [-0.3, -0.25) is 0 Å². The van der Waals surface area contributed by atoms with Crippen LogP contribution in [-0.2, 0) is 0 Å². The molecule has 0 bridgehead atoms. The molecule has 0 amide bonds. The van der Waals surface area contributed by atoms with E-state index in [9.17, 15) is 0 Å². The van der Waals surface area contributed by atoms with Crippen molar-refractivity contribution in [2.45, 2.75) is 96.8 Å². The van der Waals surface area contributed by atoms with Crippen LogP contribution in [0.15, 0.2) is 0 Å². The molecule has 1 heteroatoms. The third-order valence-corrected chi connectivity index (χ3v) is 3.79. The summed E-state index contributed by atoms with van der Waals surface area (Å²) >= 11 is 0. The molecular weight excluding hydrogens is 242 g/mol. The quantitative estimate of drug-likeness (QED) is 0.249. The molecule has 0 radical (unpaired) electrons. The SMILES string of the molecule is [2H]C([2H])(CCCCCCCCCCCCCC)C[N+](C)(C)C. The van der Waals surface area contributed by atoms with Crippen molar-refractivity contribution in [3.05, 3.63) is 0 Å². The Kier molecular flexibility index (Phi) is 11.4. The van der Waals surface area contributed by atoms with E-state index in [-0.39, 0.29) is 0 Å². The molecule has 0 aromatic rings. The van der Waals surface area contributed by atoms with E-state index in [1.807, 2.05) is 0 Å². The van der Waals surface area contributed by atoms with Crippen LogP contribution in [-0.4, -0.2) is 32.2 Å². The van der Waals surface area contributed by atoms with Crippen molar-refractivity contribution in [2.75, 3.05) is 27.7 Å². The van der Waals surface area contributed by atoms with Gasteiger partial charge in [-0.15, -0.1) is 0 Å². The molecule has 0 N–H and O–H groups in total. The average Bonchev–Trinajstić information content (AvgIpc) is 2.37. The lowest BCUT2D eigenvalue weighted by atomic mass is 10.0. The Bertz CT molecular complexity index is 246. The minimum atomic E-state index is -1.00. The van der Waals surface area contributed by atoms with Crippen LogP contribution in [0.5, 0.6) is 0 Å². The molecular formula is C19H42N+. The highest BCUT2D eigenvalue weighted by atomic mass is 15.3. The van der Waals surface area contributed by atoms with Gasteiger partial charge in [-0.25, -0.2) is 0 Å². The van der Waals surface area contributed by atoms with Crippen molar-refractivity contribution in [2.24, 2.45) is 0 Å². The molecule has 0 atom stereocenters. The van der Waals surface area contributed by atoms with Crippen LogP contribution < -0.4 is 0 Å². The van der Waals surface area contributed by atoms with Gasteiger partial charge in [0.05, 0.1) is 27.7 Å². The number of rotatable bonds is 15. The Hall–Kier alpha value is -0.0400. The van der Waals surface area contributed by atoms with Gasteiger partial charge in [0.1, 0.15) is 0 Å². The van der Waals surface area contributed by atoms with E-state index >= 15 is 0 Å². The Balaban J connectivity index is 3.33. The molecule has 1 nitrogen and oxygen atoms in total. The number of hydrogen-bond donors (Lipinski definition) is 0. The summed E-state index contributed by atoms with van der Waals surface area (Å²) in [6.07, 6.45) is 15.8. The van der Waals surface area contributed by atoms with E-state index < -0.39 is 6.37 Å². The van der Waals surface area contributed by atoms with E-state index in [1.165, 1.54) is 70.6 Å². The monoisotopic (exact) mass is 286 g/mol. The predicted octanol–water partition coefficient (Wildman–Crippen LogP) is 6.17. The Morgan fingerprint density at radius 1 is 0.600 bits per heavy atom. The van der Waals surface area contributed by atoms with Gasteiger partial charge < -0.3 is 4.48 Å². The minimum absolute atomic E-state index is 0.616. The lowest BCUT2D eigenvalue weighted by Crippen LogP contribution is -2.35. The summed E-state index contributed by atoms with van der Waals surface area (Å²) in [5.74, 6) is 0. The van der Waals surface area contributed by atoms with Crippen LogP contribution in [0, 0.1) is 0 Å². The number of hydrogen-bond acceptors (Lipinski definition) is 0. The Labute approximate surface area is 132 Å². The van der Waals surface area contributed by atoms with Gasteiger partial charge >= 0.3 is 0 Å². The second-order valence-corrected chi connectivity index (χ2v) is 7.34. The molecule has 0 unspecified atom stereocenters. The first-order chi connectivity index (χ1) is 10.3. The highest BCUT2D eigenvalue weighted by Crippen LogP contribution is 2.13. The molecule has 20 heavy (non-hydrogen) atoms. The highest BCUT2D eigenvalue weighted by molar-refractivity contribution is 4.49. The normalized spacial score (nSPS) is 14.2. The fourth-order valence-corrected chi connectivity index (χ4v) is 2.51. The molecule has 0 aromatic heterocycles. The largest absolute Gasteiger partial charge is 0.331 e. The third-order valence-electron chi connectivity index (χ3n) is 3.79. The van der Waals surface area contributed by atoms with E-state index in [1.54, 1.807) is 0 Å². The zero-order valence-corrected chi connectivity index (χ0v) is 14.8. The molecule has 0 fully saturated rings. The standard InChI is InChI=1S/C19H42N/c1-5-6-7-8-9-10-11-12-13-14-15-16-17-18-19-20(2,3)4/h5-19H2,1-4H3/q+1/i18D2. The van der Waals surface area contributed by atoms with Crippen LogP contribution in [0.2, 0.25) is 0 Å². The Morgan fingerprint density at radius 2 is 0.950 bits per heavy atom. The fraction of sp³-hybridized carbons (Fsp3) is 1.00. The van der Waals surface area contributed by atoms with Gasteiger partial charge in [0.25, 0.3) is 0 Å². The summed E-state index contributed by atoms with van der Waals surface area (Å²) in [7, 11) is 6.21. The smallest absolute Gasteiger partial charge is 0.0780 e. The van der Waals surface area contributed by atoms with E-state index in [0.29, 0.717) is 11.0 Å². The topological polar surface area (TPSA) is 0 Å². The summed E-state index contributed by atoms with van der Waals surface area (Å²) in [5.41, 5.74) is 0. The van der Waals surface area contributed by atoms with Crippen molar-refractivity contribution < 1.29 is 7.22 Å². The zero-order valence-electron chi connectivity index (χ0n) is 16.8. The zero-order chi connectivity index (χ0) is 16.9. The maximum atomic E-state index is 8.07. The molecule has 0 spiro atoms. The summed E-state index contributed by atoms with van der Waals surface area (Å²) in [6.45, 7) is 2.89. The molecule has 0 heterocycles. The second kappa shape index (κ2) is 13.9. The van der Waals surface area contributed by atoms with Crippen LogP contribution >= 0.6 is 0 Å². The van der Waals surface area contributed by atoms with Gasteiger partial charge in [-0.05, 0) is 12.8 Å². The molecule has 0 aliphatic heterocycles. The number of unbranched alkanes of at least 4 members (excludes halogenated alkanes) is 11. The molecule has 122 valence electrons. The number of nitrogens with zero attached hydrogens (tertiary/aromatic N) is 1. The maximum Gasteiger partial charge on any atom is 0.0780 e. The van der Waals surface area contributed by atoms with Crippen molar-refractivity contribution in [3.63, 3.8) is 0 Å². The molecule has 0 aliphatic carbocycles.